The molecule has 88 valence electrons. The van der Waals surface area contributed by atoms with Crippen LogP contribution in [0.3, 0.4) is 0 Å². The summed E-state index contributed by atoms with van der Waals surface area (Å²) in [6.07, 6.45) is 0.471. The molecule has 15 heavy (non-hydrogen) atoms. The van der Waals surface area contributed by atoms with Crippen molar-refractivity contribution in [3.05, 3.63) is 0 Å². The molecule has 0 aliphatic carbocycles. The van der Waals surface area contributed by atoms with Crippen LogP contribution in [0.1, 0.15) is 13.3 Å². The smallest absolute Gasteiger partial charge is 0.870 e. The van der Waals surface area contributed by atoms with E-state index in [1.165, 1.54) is 0 Å². The van der Waals surface area contributed by atoms with Crippen LogP contribution in [0.5, 0.6) is 0 Å². The number of hydrogen-bond acceptors (Lipinski definition) is 5. The van der Waals surface area contributed by atoms with Crippen molar-refractivity contribution in [2.75, 3.05) is 32.1 Å². The van der Waals surface area contributed by atoms with Gasteiger partial charge in [0.1, 0.15) is 0 Å². The summed E-state index contributed by atoms with van der Waals surface area (Å²) in [5.74, 6) is -0.132. The van der Waals surface area contributed by atoms with Crippen molar-refractivity contribution in [1.82, 2.24) is 5.32 Å². The molecule has 6 nitrogen and oxygen atoms in total. The van der Waals surface area contributed by atoms with Crippen LogP contribution < -0.4 is 34.9 Å². The van der Waals surface area contributed by atoms with Gasteiger partial charge in [-0.1, -0.05) is 6.92 Å². The molecule has 1 rings (SSSR count). The molecular formula is C7H18NNaO5S. The van der Waals surface area contributed by atoms with Gasteiger partial charge in [0.25, 0.3) is 10.1 Å². The van der Waals surface area contributed by atoms with Crippen LogP contribution in [0.25, 0.3) is 0 Å². The third kappa shape index (κ3) is 20.8. The van der Waals surface area contributed by atoms with Crippen LogP contribution in [-0.2, 0) is 14.9 Å². The van der Waals surface area contributed by atoms with E-state index >= 15 is 0 Å². The van der Waals surface area contributed by atoms with Gasteiger partial charge < -0.3 is 15.5 Å². The third-order valence-electron chi connectivity index (χ3n) is 1.31. The largest absolute Gasteiger partial charge is 1.00 e. The van der Waals surface area contributed by atoms with E-state index in [1.807, 2.05) is 0 Å². The van der Waals surface area contributed by atoms with Gasteiger partial charge in [-0.15, -0.1) is 0 Å². The molecule has 0 spiro atoms. The van der Waals surface area contributed by atoms with Gasteiger partial charge in [-0.3, -0.25) is 4.55 Å². The molecule has 0 atom stereocenters. The van der Waals surface area contributed by atoms with Gasteiger partial charge in [-0.05, 0) is 6.42 Å². The molecule has 0 radical (unpaired) electrons. The Hall–Kier alpha value is 0.790. The van der Waals surface area contributed by atoms with Crippen LogP contribution in [-0.4, -0.2) is 50.5 Å². The molecule has 1 fully saturated rings. The zero-order chi connectivity index (χ0) is 10.2. The summed E-state index contributed by atoms with van der Waals surface area (Å²) in [5.41, 5.74) is 0. The van der Waals surface area contributed by atoms with Crippen molar-refractivity contribution in [1.29, 1.82) is 0 Å². The fourth-order valence-electron chi connectivity index (χ4n) is 0.774. The first-order chi connectivity index (χ1) is 6.06. The minimum absolute atomic E-state index is 0. The Morgan fingerprint density at radius 2 is 1.80 bits per heavy atom. The van der Waals surface area contributed by atoms with E-state index in [4.69, 9.17) is 9.29 Å². The number of hydrogen-bond donors (Lipinski definition) is 2. The Labute approximate surface area is 113 Å². The SMILES string of the molecule is C1COCCN1.CCCS(=O)(=O)O.[Na+].[OH-]. The van der Waals surface area contributed by atoms with E-state index in [-0.39, 0.29) is 40.8 Å². The second-order valence-corrected chi connectivity index (χ2v) is 4.22. The van der Waals surface area contributed by atoms with E-state index in [9.17, 15) is 8.42 Å². The zero-order valence-corrected chi connectivity index (χ0v) is 12.1. The second kappa shape index (κ2) is 12.9. The Balaban J connectivity index is -0.000000170. The predicted octanol–water partition coefficient (Wildman–Crippen LogP) is -3.28. The van der Waals surface area contributed by atoms with Crippen molar-refractivity contribution in [3.63, 3.8) is 0 Å². The molecule has 0 unspecified atom stereocenters. The van der Waals surface area contributed by atoms with Gasteiger partial charge in [0.2, 0.25) is 0 Å². The van der Waals surface area contributed by atoms with Crippen LogP contribution in [0.15, 0.2) is 0 Å². The van der Waals surface area contributed by atoms with Crippen molar-refractivity contribution in [2.24, 2.45) is 0 Å². The summed E-state index contributed by atoms with van der Waals surface area (Å²) in [5, 5.41) is 3.16. The van der Waals surface area contributed by atoms with Gasteiger partial charge in [0.15, 0.2) is 0 Å². The monoisotopic (exact) mass is 251 g/mol. The summed E-state index contributed by atoms with van der Waals surface area (Å²) in [7, 11) is -3.67. The second-order valence-electron chi connectivity index (χ2n) is 2.65. The molecule has 8 heteroatoms. The predicted molar refractivity (Wildman–Crippen MR) is 52.3 cm³/mol. The third-order valence-corrected chi connectivity index (χ3v) is 2.23. The maximum atomic E-state index is 9.79. The molecule has 1 saturated heterocycles. The van der Waals surface area contributed by atoms with Gasteiger partial charge in [0, 0.05) is 13.1 Å². The number of nitrogens with one attached hydrogen (secondary N) is 1. The number of morpholine rings is 1. The average Bonchev–Trinajstić information content (AvgIpc) is 2.06. The first kappa shape index (κ1) is 21.1. The number of ether oxygens (including phenoxy) is 1. The van der Waals surface area contributed by atoms with Gasteiger partial charge in [-0.25, -0.2) is 0 Å². The molecule has 3 N–H and O–H groups in total. The first-order valence-corrected chi connectivity index (χ1v) is 5.91. The quantitative estimate of drug-likeness (QED) is 0.394. The Bertz CT molecular complexity index is 194. The molecule has 1 aliphatic heterocycles. The first-order valence-electron chi connectivity index (χ1n) is 4.30. The van der Waals surface area contributed by atoms with Crippen LogP contribution in [0, 0.1) is 0 Å². The minimum Gasteiger partial charge on any atom is -0.870 e. The Kier molecular flexibility index (Phi) is 18.1. The molecule has 0 aromatic rings. The molecule has 0 aromatic heterocycles. The molecular weight excluding hydrogens is 233 g/mol. The molecule has 0 saturated carbocycles. The molecule has 0 aromatic carbocycles. The van der Waals surface area contributed by atoms with E-state index in [0.29, 0.717) is 6.42 Å². The zero-order valence-electron chi connectivity index (χ0n) is 9.27. The molecule has 1 aliphatic rings. The van der Waals surface area contributed by atoms with Crippen LogP contribution >= 0.6 is 0 Å². The van der Waals surface area contributed by atoms with E-state index < -0.39 is 10.1 Å². The number of rotatable bonds is 2. The van der Waals surface area contributed by atoms with Gasteiger partial charge in [-0.2, -0.15) is 8.42 Å². The fraction of sp³-hybridized carbons (Fsp3) is 1.00. The Morgan fingerprint density at radius 1 is 1.33 bits per heavy atom. The summed E-state index contributed by atoms with van der Waals surface area (Å²) in [6.45, 7) is 5.52. The molecule has 0 amide bonds. The molecule has 0 bridgehead atoms. The van der Waals surface area contributed by atoms with Crippen molar-refractivity contribution in [3.8, 4) is 0 Å². The van der Waals surface area contributed by atoms with Gasteiger partial charge in [0.05, 0.1) is 19.0 Å². The van der Waals surface area contributed by atoms with Crippen molar-refractivity contribution in [2.45, 2.75) is 13.3 Å². The molecule has 1 heterocycles. The van der Waals surface area contributed by atoms with Crippen molar-refractivity contribution >= 4 is 10.1 Å². The maximum absolute atomic E-state index is 9.79. The van der Waals surface area contributed by atoms with Crippen LogP contribution in [0.2, 0.25) is 0 Å². The Morgan fingerprint density at radius 3 is 1.87 bits per heavy atom. The van der Waals surface area contributed by atoms with E-state index in [0.717, 1.165) is 26.3 Å². The van der Waals surface area contributed by atoms with Crippen molar-refractivity contribution < 1.29 is 52.7 Å². The summed E-state index contributed by atoms with van der Waals surface area (Å²) >= 11 is 0. The standard InChI is InChI=1S/C4H9NO.C3H8O3S.Na.H2O/c1-3-6-4-2-5-1;1-2-3-7(4,5)6;;/h5H,1-4H2;2-3H2,1H3,(H,4,5,6);;1H2/q;;+1;/p-1. The van der Waals surface area contributed by atoms with E-state index in [2.05, 4.69) is 5.32 Å². The normalized spacial score (nSPS) is 15.1. The summed E-state index contributed by atoms with van der Waals surface area (Å²) < 4.78 is 32.6. The maximum Gasteiger partial charge on any atom is 1.00 e. The topological polar surface area (TPSA) is 106 Å². The van der Waals surface area contributed by atoms with Crippen LogP contribution in [0.4, 0.5) is 0 Å². The minimum atomic E-state index is -3.67. The fourth-order valence-corrected chi connectivity index (χ4v) is 1.29. The average molecular weight is 251 g/mol. The van der Waals surface area contributed by atoms with Gasteiger partial charge >= 0.3 is 29.6 Å². The van der Waals surface area contributed by atoms with E-state index in [1.54, 1.807) is 6.92 Å². The summed E-state index contributed by atoms with van der Waals surface area (Å²) in [4.78, 5) is 0. The summed E-state index contributed by atoms with van der Waals surface area (Å²) in [6, 6.07) is 0.